The number of amides is 2. The molecule has 0 saturated heterocycles. The fraction of sp³-hybridized carbons (Fsp3) is 0.667. The molecule has 17 heavy (non-hydrogen) atoms. The molecule has 0 saturated carbocycles. The summed E-state index contributed by atoms with van der Waals surface area (Å²) in [4.78, 5) is 22.4. The largest absolute Gasteiger partial charge is 0.480 e. The zero-order valence-electron chi connectivity index (χ0n) is 10.4. The van der Waals surface area contributed by atoms with Crippen LogP contribution in [0, 0.1) is 12.3 Å². The number of carboxylic acids is 1. The van der Waals surface area contributed by atoms with Crippen LogP contribution in [0.2, 0.25) is 0 Å². The fourth-order valence-corrected chi connectivity index (χ4v) is 1.14. The molecule has 0 radical (unpaired) electrons. The van der Waals surface area contributed by atoms with Crippen LogP contribution in [0.4, 0.5) is 4.79 Å². The minimum atomic E-state index is -1.22. The van der Waals surface area contributed by atoms with Crippen LogP contribution in [0.5, 0.6) is 0 Å². The molecule has 0 aromatic rings. The molecule has 0 bridgehead atoms. The third-order valence-electron chi connectivity index (χ3n) is 2.60. The summed E-state index contributed by atoms with van der Waals surface area (Å²) in [6.07, 6.45) is 7.74. The van der Waals surface area contributed by atoms with E-state index in [1.165, 1.54) is 6.92 Å². The molecule has 0 fully saturated rings. The summed E-state index contributed by atoms with van der Waals surface area (Å²) in [7, 11) is 0. The summed E-state index contributed by atoms with van der Waals surface area (Å²) >= 11 is 0. The lowest BCUT2D eigenvalue weighted by Crippen LogP contribution is -2.54. The Balaban J connectivity index is 3.93. The highest BCUT2D eigenvalue weighted by molar-refractivity contribution is 5.85. The summed E-state index contributed by atoms with van der Waals surface area (Å²) in [5.74, 6) is 1.47. The van der Waals surface area contributed by atoms with E-state index < -0.39 is 17.5 Å². The first kappa shape index (κ1) is 15.3. The first-order valence-corrected chi connectivity index (χ1v) is 5.69. The van der Waals surface area contributed by atoms with Gasteiger partial charge in [0.25, 0.3) is 0 Å². The molecule has 3 N–H and O–H groups in total. The van der Waals surface area contributed by atoms with Crippen molar-refractivity contribution in [2.24, 2.45) is 0 Å². The molecular weight excluding hydrogens is 220 g/mol. The van der Waals surface area contributed by atoms with E-state index in [1.54, 1.807) is 6.92 Å². The number of urea groups is 1. The third kappa shape index (κ3) is 5.81. The Hall–Kier alpha value is -1.70. The van der Waals surface area contributed by atoms with Gasteiger partial charge in [0.2, 0.25) is 0 Å². The van der Waals surface area contributed by atoms with Crippen molar-refractivity contribution in [3.8, 4) is 12.3 Å². The van der Waals surface area contributed by atoms with Crippen molar-refractivity contribution in [3.05, 3.63) is 0 Å². The van der Waals surface area contributed by atoms with Gasteiger partial charge in [-0.2, -0.15) is 0 Å². The molecule has 0 aromatic carbocycles. The van der Waals surface area contributed by atoms with E-state index in [1.807, 2.05) is 0 Å². The van der Waals surface area contributed by atoms with Gasteiger partial charge in [-0.1, -0.05) is 6.92 Å². The smallest absolute Gasteiger partial charge is 0.329 e. The van der Waals surface area contributed by atoms with Gasteiger partial charge >= 0.3 is 12.0 Å². The highest BCUT2D eigenvalue weighted by Crippen LogP contribution is 2.08. The van der Waals surface area contributed by atoms with Gasteiger partial charge in [0.1, 0.15) is 5.54 Å². The number of carbonyl (C=O) groups is 2. The minimum Gasteiger partial charge on any atom is -0.480 e. The summed E-state index contributed by atoms with van der Waals surface area (Å²) in [5.41, 5.74) is -1.22. The quantitative estimate of drug-likeness (QED) is 0.464. The van der Waals surface area contributed by atoms with Gasteiger partial charge in [0.15, 0.2) is 0 Å². The van der Waals surface area contributed by atoms with E-state index in [4.69, 9.17) is 11.5 Å². The molecule has 5 nitrogen and oxygen atoms in total. The molecule has 0 aliphatic heterocycles. The number of hydrogen-bond donors (Lipinski definition) is 3. The van der Waals surface area contributed by atoms with Crippen LogP contribution in [0.15, 0.2) is 0 Å². The molecule has 1 unspecified atom stereocenters. The maximum atomic E-state index is 11.4. The molecule has 0 spiro atoms. The molecule has 5 heteroatoms. The van der Waals surface area contributed by atoms with Crippen molar-refractivity contribution in [1.29, 1.82) is 0 Å². The van der Waals surface area contributed by atoms with Crippen LogP contribution >= 0.6 is 0 Å². The summed E-state index contributed by atoms with van der Waals surface area (Å²) in [6.45, 7) is 3.68. The highest BCUT2D eigenvalue weighted by atomic mass is 16.4. The maximum Gasteiger partial charge on any atom is 0.329 e. The van der Waals surface area contributed by atoms with Crippen LogP contribution in [0.3, 0.4) is 0 Å². The topological polar surface area (TPSA) is 78.4 Å². The van der Waals surface area contributed by atoms with Crippen molar-refractivity contribution < 1.29 is 14.7 Å². The molecular formula is C12H20N2O3. The van der Waals surface area contributed by atoms with Crippen LogP contribution in [0.1, 0.15) is 39.5 Å². The van der Waals surface area contributed by atoms with Gasteiger partial charge < -0.3 is 15.7 Å². The normalized spacial score (nSPS) is 13.2. The lowest BCUT2D eigenvalue weighted by Gasteiger charge is -2.24. The summed E-state index contributed by atoms with van der Waals surface area (Å²) in [6, 6.07) is -0.461. The number of aliphatic carboxylic acids is 1. The summed E-state index contributed by atoms with van der Waals surface area (Å²) < 4.78 is 0. The van der Waals surface area contributed by atoms with Crippen molar-refractivity contribution in [1.82, 2.24) is 10.6 Å². The van der Waals surface area contributed by atoms with E-state index in [-0.39, 0.29) is 0 Å². The highest BCUT2D eigenvalue weighted by Gasteiger charge is 2.32. The van der Waals surface area contributed by atoms with Crippen LogP contribution in [-0.4, -0.2) is 29.2 Å². The molecule has 1 atom stereocenters. The van der Waals surface area contributed by atoms with Crippen molar-refractivity contribution in [2.45, 2.75) is 45.1 Å². The molecule has 96 valence electrons. The lowest BCUT2D eigenvalue weighted by atomic mass is 10.00. The lowest BCUT2D eigenvalue weighted by molar-refractivity contribution is -0.143. The van der Waals surface area contributed by atoms with Crippen LogP contribution in [-0.2, 0) is 4.79 Å². The second kappa shape index (κ2) is 7.55. The SMILES string of the molecule is C#CCCCCNC(=O)NC(C)(CC)C(=O)O. The number of unbranched alkanes of at least 4 members (excludes halogenated alkanes) is 2. The van der Waals surface area contributed by atoms with E-state index in [9.17, 15) is 9.59 Å². The summed E-state index contributed by atoms with van der Waals surface area (Å²) in [5, 5.41) is 14.0. The standard InChI is InChI=1S/C12H20N2O3/c1-4-6-7-8-9-13-11(17)14-12(3,5-2)10(15)16/h1H,5-9H2,2-3H3,(H,15,16)(H2,13,14,17). The van der Waals surface area contributed by atoms with E-state index in [0.717, 1.165) is 12.8 Å². The van der Waals surface area contributed by atoms with Crippen molar-refractivity contribution in [3.63, 3.8) is 0 Å². The predicted molar refractivity (Wildman–Crippen MR) is 65.6 cm³/mol. The number of hydrogen-bond acceptors (Lipinski definition) is 2. The zero-order chi connectivity index (χ0) is 13.3. The molecule has 0 aliphatic rings. The average molecular weight is 240 g/mol. The zero-order valence-corrected chi connectivity index (χ0v) is 10.4. The number of carboxylic acid groups (broad SMARTS) is 1. The minimum absolute atomic E-state index is 0.326. The molecule has 2 amide bonds. The van der Waals surface area contributed by atoms with Gasteiger partial charge in [-0.15, -0.1) is 12.3 Å². The van der Waals surface area contributed by atoms with Crippen LogP contribution < -0.4 is 10.6 Å². The fourth-order valence-electron chi connectivity index (χ4n) is 1.14. The van der Waals surface area contributed by atoms with Gasteiger partial charge in [-0.25, -0.2) is 9.59 Å². The first-order valence-electron chi connectivity index (χ1n) is 5.69. The van der Waals surface area contributed by atoms with Crippen LogP contribution in [0.25, 0.3) is 0 Å². The third-order valence-corrected chi connectivity index (χ3v) is 2.60. The Morgan fingerprint density at radius 2 is 2.06 bits per heavy atom. The van der Waals surface area contributed by atoms with Gasteiger partial charge in [-0.05, 0) is 26.2 Å². The Kier molecular flexibility index (Phi) is 6.80. The van der Waals surface area contributed by atoms with Gasteiger partial charge in [0.05, 0.1) is 0 Å². The van der Waals surface area contributed by atoms with Gasteiger partial charge in [0, 0.05) is 13.0 Å². The first-order chi connectivity index (χ1) is 7.96. The Bertz CT molecular complexity index is 309. The van der Waals surface area contributed by atoms with Crippen molar-refractivity contribution >= 4 is 12.0 Å². The Morgan fingerprint density at radius 1 is 1.41 bits per heavy atom. The maximum absolute atomic E-state index is 11.4. The van der Waals surface area contributed by atoms with Crippen molar-refractivity contribution in [2.75, 3.05) is 6.54 Å². The van der Waals surface area contributed by atoms with E-state index in [0.29, 0.717) is 19.4 Å². The Labute approximate surface area is 102 Å². The monoisotopic (exact) mass is 240 g/mol. The Morgan fingerprint density at radius 3 is 2.53 bits per heavy atom. The number of nitrogens with one attached hydrogen (secondary N) is 2. The number of rotatable bonds is 7. The average Bonchev–Trinajstić information content (AvgIpc) is 2.28. The van der Waals surface area contributed by atoms with E-state index in [2.05, 4.69) is 16.6 Å². The molecule has 0 aromatic heterocycles. The predicted octanol–water partition coefficient (Wildman–Crippen LogP) is 1.34. The van der Waals surface area contributed by atoms with Gasteiger partial charge in [-0.3, -0.25) is 0 Å². The molecule has 0 rings (SSSR count). The second-order valence-electron chi connectivity index (χ2n) is 4.03. The second-order valence-corrected chi connectivity index (χ2v) is 4.03. The molecule has 0 aliphatic carbocycles. The molecule has 0 heterocycles. The number of carbonyl (C=O) groups excluding carboxylic acids is 1. The van der Waals surface area contributed by atoms with E-state index >= 15 is 0 Å². The number of terminal acetylenes is 1.